The van der Waals surface area contributed by atoms with Crippen molar-refractivity contribution in [3.63, 3.8) is 0 Å². The molecule has 25 heavy (non-hydrogen) atoms. The summed E-state index contributed by atoms with van der Waals surface area (Å²) in [5, 5.41) is 11.8. The summed E-state index contributed by atoms with van der Waals surface area (Å²) in [6.07, 6.45) is 4.93. The van der Waals surface area contributed by atoms with Crippen LogP contribution in [0.25, 0.3) is 0 Å². The first-order valence-corrected chi connectivity index (χ1v) is 9.18. The molecule has 1 heterocycles. The lowest BCUT2D eigenvalue weighted by Gasteiger charge is -2.21. The van der Waals surface area contributed by atoms with E-state index in [0.717, 1.165) is 19.3 Å². The number of hydrogen-bond acceptors (Lipinski definition) is 4. The molecule has 2 saturated carbocycles. The number of halogens is 1. The summed E-state index contributed by atoms with van der Waals surface area (Å²) >= 11 is 5.89. The number of nitrogens with zero attached hydrogens (tertiary/aromatic N) is 3. The molecule has 2 aliphatic rings. The van der Waals surface area contributed by atoms with Crippen molar-refractivity contribution < 1.29 is 4.79 Å². The van der Waals surface area contributed by atoms with E-state index in [0.29, 0.717) is 40.2 Å². The fraction of sp³-hybridized carbons (Fsp3) is 0.500. The summed E-state index contributed by atoms with van der Waals surface area (Å²) in [7, 11) is 0. The van der Waals surface area contributed by atoms with Gasteiger partial charge in [-0.2, -0.15) is 0 Å². The number of aromatic nitrogens is 3. The Labute approximate surface area is 151 Å². The Kier molecular flexibility index (Phi) is 4.15. The zero-order chi connectivity index (χ0) is 17.6. The number of anilines is 1. The highest BCUT2D eigenvalue weighted by atomic mass is 35.5. The van der Waals surface area contributed by atoms with E-state index in [1.807, 2.05) is 10.9 Å². The number of fused-ring (bicyclic) bond motifs is 1. The first-order chi connectivity index (χ1) is 12.1. The van der Waals surface area contributed by atoms with Crippen LogP contribution in [0.2, 0.25) is 5.02 Å². The van der Waals surface area contributed by atoms with Gasteiger partial charge in [-0.25, -0.2) is 4.68 Å². The van der Waals surface area contributed by atoms with Gasteiger partial charge >= 0.3 is 0 Å². The Hall–Kier alpha value is -2.08. The average Bonchev–Trinajstić information content (AvgIpc) is 2.95. The fourth-order valence-electron chi connectivity index (χ4n) is 4.47. The van der Waals surface area contributed by atoms with E-state index in [1.165, 1.54) is 0 Å². The van der Waals surface area contributed by atoms with Crippen molar-refractivity contribution in [2.75, 3.05) is 5.73 Å². The van der Waals surface area contributed by atoms with Crippen LogP contribution < -0.4 is 11.1 Å². The van der Waals surface area contributed by atoms with Gasteiger partial charge in [0.1, 0.15) is 0 Å². The van der Waals surface area contributed by atoms with Crippen molar-refractivity contribution >= 4 is 23.3 Å². The highest BCUT2D eigenvalue weighted by Crippen LogP contribution is 2.62. The maximum absolute atomic E-state index is 12.5. The Morgan fingerprint density at radius 2 is 2.04 bits per heavy atom. The second-order valence-corrected chi connectivity index (χ2v) is 7.59. The third-order valence-corrected chi connectivity index (χ3v) is 5.97. The van der Waals surface area contributed by atoms with Crippen LogP contribution in [0, 0.1) is 17.8 Å². The summed E-state index contributed by atoms with van der Waals surface area (Å²) in [5.74, 6) is 2.34. The number of rotatable bonds is 5. The van der Waals surface area contributed by atoms with Gasteiger partial charge < -0.3 is 11.1 Å². The first kappa shape index (κ1) is 16.4. The summed E-state index contributed by atoms with van der Waals surface area (Å²) in [5.41, 5.74) is 6.32. The highest BCUT2D eigenvalue weighted by molar-refractivity contribution is 6.30. The smallest absolute Gasteiger partial charge is 0.251 e. The van der Waals surface area contributed by atoms with E-state index in [1.54, 1.807) is 24.3 Å². The van der Waals surface area contributed by atoms with Crippen molar-refractivity contribution in [3.8, 4) is 0 Å². The predicted octanol–water partition coefficient (Wildman–Crippen LogP) is 2.92. The van der Waals surface area contributed by atoms with Gasteiger partial charge in [-0.15, -0.1) is 5.10 Å². The van der Waals surface area contributed by atoms with Crippen LogP contribution in [-0.4, -0.2) is 26.9 Å². The van der Waals surface area contributed by atoms with Crippen LogP contribution >= 0.6 is 11.6 Å². The molecule has 2 aromatic rings. The Morgan fingerprint density at radius 1 is 1.36 bits per heavy atom. The topological polar surface area (TPSA) is 85.8 Å². The summed E-state index contributed by atoms with van der Waals surface area (Å²) in [6, 6.07) is 7.64. The van der Waals surface area contributed by atoms with Gasteiger partial charge in [0.2, 0.25) is 0 Å². The highest BCUT2D eigenvalue weighted by Gasteiger charge is 2.59. The molecule has 0 aliphatic heterocycles. The van der Waals surface area contributed by atoms with E-state index in [2.05, 4.69) is 22.6 Å². The molecule has 0 saturated heterocycles. The standard InChI is InChI=1S/C18H22ClN5O/c1-2-15(21-18(25)10-3-5-11(19)6-4-10)17-13-7-12(8-14(13)17)24-9-16(20)22-23-24/h3-6,9,12-15,17H,2,7-8,20H2,1H3,(H,21,25). The van der Waals surface area contributed by atoms with Gasteiger partial charge in [0.25, 0.3) is 5.91 Å². The minimum atomic E-state index is -0.0194. The molecule has 2 fully saturated rings. The third-order valence-electron chi connectivity index (χ3n) is 5.72. The SMILES string of the molecule is CCC(NC(=O)c1ccc(Cl)cc1)C1C2CC(n3cc(N)nn3)CC21. The maximum Gasteiger partial charge on any atom is 0.251 e. The molecule has 7 heteroatoms. The number of hydrogen-bond donors (Lipinski definition) is 2. The van der Waals surface area contributed by atoms with E-state index in [4.69, 9.17) is 17.3 Å². The van der Waals surface area contributed by atoms with E-state index in [-0.39, 0.29) is 11.9 Å². The lowest BCUT2D eigenvalue weighted by Crippen LogP contribution is -2.37. The molecule has 3 unspecified atom stereocenters. The number of carbonyl (C=O) groups excluding carboxylic acids is 1. The quantitative estimate of drug-likeness (QED) is 0.859. The molecule has 3 N–H and O–H groups in total. The third kappa shape index (κ3) is 3.11. The van der Waals surface area contributed by atoms with E-state index >= 15 is 0 Å². The van der Waals surface area contributed by atoms with Crippen LogP contribution in [0.3, 0.4) is 0 Å². The lowest BCUT2D eigenvalue weighted by atomic mass is 9.99. The molecule has 0 bridgehead atoms. The number of nitrogens with one attached hydrogen (secondary N) is 1. The summed E-state index contributed by atoms with van der Waals surface area (Å²) in [4.78, 5) is 12.5. The van der Waals surface area contributed by atoms with E-state index < -0.39 is 0 Å². The molecule has 0 spiro atoms. The lowest BCUT2D eigenvalue weighted by molar-refractivity contribution is 0.0926. The number of nitrogen functional groups attached to an aromatic ring is 1. The van der Waals surface area contributed by atoms with Gasteiger partial charge in [-0.05, 0) is 61.3 Å². The van der Waals surface area contributed by atoms with Gasteiger partial charge in [0.15, 0.2) is 5.82 Å². The Balaban J connectivity index is 1.36. The number of benzene rings is 1. The zero-order valence-corrected chi connectivity index (χ0v) is 14.9. The molecular formula is C18H22ClN5O. The van der Waals surface area contributed by atoms with Gasteiger partial charge in [0, 0.05) is 16.6 Å². The first-order valence-electron chi connectivity index (χ1n) is 8.80. The summed E-state index contributed by atoms with van der Waals surface area (Å²) in [6.45, 7) is 2.14. The largest absolute Gasteiger partial charge is 0.381 e. The molecule has 2 aliphatic carbocycles. The molecule has 1 aromatic carbocycles. The van der Waals surface area contributed by atoms with Crippen molar-refractivity contribution in [1.29, 1.82) is 0 Å². The molecule has 6 nitrogen and oxygen atoms in total. The summed E-state index contributed by atoms with van der Waals surface area (Å²) < 4.78 is 1.89. The minimum Gasteiger partial charge on any atom is -0.381 e. The van der Waals surface area contributed by atoms with Crippen molar-refractivity contribution in [2.45, 2.75) is 38.3 Å². The van der Waals surface area contributed by atoms with Crippen molar-refractivity contribution in [1.82, 2.24) is 20.3 Å². The van der Waals surface area contributed by atoms with Crippen LogP contribution in [0.15, 0.2) is 30.5 Å². The van der Waals surface area contributed by atoms with E-state index in [9.17, 15) is 4.79 Å². The zero-order valence-electron chi connectivity index (χ0n) is 14.1. The molecule has 3 atom stereocenters. The predicted molar refractivity (Wildman–Crippen MR) is 96.2 cm³/mol. The fourth-order valence-corrected chi connectivity index (χ4v) is 4.59. The van der Waals surface area contributed by atoms with Gasteiger partial charge in [-0.1, -0.05) is 23.7 Å². The normalized spacial score (nSPS) is 28.4. The second kappa shape index (κ2) is 6.33. The van der Waals surface area contributed by atoms with Gasteiger partial charge in [0.05, 0.1) is 12.2 Å². The monoisotopic (exact) mass is 359 g/mol. The molecule has 1 aromatic heterocycles. The van der Waals surface area contributed by atoms with Crippen molar-refractivity contribution in [2.24, 2.45) is 17.8 Å². The average molecular weight is 360 g/mol. The maximum atomic E-state index is 12.5. The molecule has 132 valence electrons. The van der Waals surface area contributed by atoms with Crippen LogP contribution in [0.1, 0.15) is 42.6 Å². The minimum absolute atomic E-state index is 0.0194. The molecule has 0 radical (unpaired) electrons. The van der Waals surface area contributed by atoms with Crippen molar-refractivity contribution in [3.05, 3.63) is 41.0 Å². The van der Waals surface area contributed by atoms with Crippen LogP contribution in [0.5, 0.6) is 0 Å². The molecule has 4 rings (SSSR count). The molecular weight excluding hydrogens is 338 g/mol. The van der Waals surface area contributed by atoms with Crippen LogP contribution in [0.4, 0.5) is 5.82 Å². The number of carbonyl (C=O) groups is 1. The second-order valence-electron chi connectivity index (χ2n) is 7.15. The Bertz CT molecular complexity index is 762. The number of amides is 1. The van der Waals surface area contributed by atoms with Gasteiger partial charge in [-0.3, -0.25) is 4.79 Å². The molecule has 1 amide bonds. The van der Waals surface area contributed by atoms with Crippen LogP contribution in [-0.2, 0) is 0 Å². The number of nitrogens with two attached hydrogens (primary N) is 1. The Morgan fingerprint density at radius 3 is 2.60 bits per heavy atom.